The molecule has 1 heterocycles. The van der Waals surface area contributed by atoms with Crippen LogP contribution in [-0.2, 0) is 19.8 Å². The molecule has 170 valence electrons. The zero-order valence-electron chi connectivity index (χ0n) is 19.4. The van der Waals surface area contributed by atoms with E-state index in [0.29, 0.717) is 23.3 Å². The molecule has 1 aliphatic carbocycles. The predicted octanol–water partition coefficient (Wildman–Crippen LogP) is 7.56. The highest BCUT2D eigenvalue weighted by atomic mass is 79.9. The number of alkyl halides is 1. The first-order chi connectivity index (χ1) is 15.4. The summed E-state index contributed by atoms with van der Waals surface area (Å²) in [7, 11) is 1.66. The van der Waals surface area contributed by atoms with Crippen LogP contribution in [-0.4, -0.2) is 12.1 Å². The quantitative estimate of drug-likeness (QED) is 0.314. The van der Waals surface area contributed by atoms with Gasteiger partial charge in [0.25, 0.3) is 0 Å². The Hall–Kier alpha value is -2.40. The lowest BCUT2D eigenvalue weighted by Crippen LogP contribution is -2.23. The van der Waals surface area contributed by atoms with E-state index in [0.717, 1.165) is 28.6 Å². The normalized spacial score (nSPS) is 12.7. The van der Waals surface area contributed by atoms with Crippen LogP contribution in [0.3, 0.4) is 0 Å². The third kappa shape index (κ3) is 7.06. The molecule has 1 aromatic heterocycles. The lowest BCUT2D eigenvalue weighted by atomic mass is 10.1. The number of hydrogen-bond acceptors (Lipinski definition) is 3. The van der Waals surface area contributed by atoms with E-state index in [-0.39, 0.29) is 0 Å². The Kier molecular flexibility index (Phi) is 8.68. The molecule has 0 bridgehead atoms. The van der Waals surface area contributed by atoms with Crippen LogP contribution in [0.1, 0.15) is 47.6 Å². The fraction of sp³-hybridized carbons (Fsp3) is 0.370. The lowest BCUT2D eigenvalue weighted by molar-refractivity contribution is 0.414. The molecule has 0 N–H and O–H groups in total. The smallest absolute Gasteiger partial charge is 0.130 e. The van der Waals surface area contributed by atoms with Crippen LogP contribution in [0, 0.1) is 19.8 Å². The number of benzene rings is 2. The fourth-order valence-electron chi connectivity index (χ4n) is 3.22. The van der Waals surface area contributed by atoms with E-state index in [9.17, 15) is 4.39 Å². The second kappa shape index (κ2) is 11.5. The van der Waals surface area contributed by atoms with Gasteiger partial charge in [0.05, 0.1) is 7.11 Å². The number of rotatable bonds is 7. The molecule has 5 heteroatoms. The number of ether oxygens (including phenoxy) is 1. The average molecular weight is 499 g/mol. The second-order valence-electron chi connectivity index (χ2n) is 8.57. The van der Waals surface area contributed by atoms with Gasteiger partial charge in [-0.15, -0.1) is 0 Å². The van der Waals surface area contributed by atoms with Crippen LogP contribution in [0.15, 0.2) is 59.2 Å². The van der Waals surface area contributed by atoms with Crippen molar-refractivity contribution in [1.82, 2.24) is 4.98 Å². The first kappa shape index (κ1) is 24.2. The summed E-state index contributed by atoms with van der Waals surface area (Å²) in [6, 6.07) is 18.5. The van der Waals surface area contributed by atoms with E-state index in [2.05, 4.69) is 76.1 Å². The maximum atomic E-state index is 13.3. The summed E-state index contributed by atoms with van der Waals surface area (Å²) in [4.78, 5) is 6.83. The number of pyridine rings is 1. The van der Waals surface area contributed by atoms with Crippen LogP contribution in [0.25, 0.3) is 0 Å². The third-order valence-electron chi connectivity index (χ3n) is 5.63. The van der Waals surface area contributed by atoms with Crippen molar-refractivity contribution in [2.24, 2.45) is 5.92 Å². The van der Waals surface area contributed by atoms with Crippen LogP contribution in [0.5, 0.6) is 5.75 Å². The molecule has 32 heavy (non-hydrogen) atoms. The second-order valence-corrected chi connectivity index (χ2v) is 9.32. The Morgan fingerprint density at radius 2 is 1.53 bits per heavy atom. The molecular formula is C27H32BrFN2O. The van der Waals surface area contributed by atoms with Crippen molar-refractivity contribution in [3.05, 3.63) is 87.0 Å². The zero-order valence-corrected chi connectivity index (χ0v) is 21.0. The van der Waals surface area contributed by atoms with Gasteiger partial charge in [-0.25, -0.2) is 9.37 Å². The van der Waals surface area contributed by atoms with Crippen molar-refractivity contribution in [2.75, 3.05) is 12.0 Å². The molecule has 0 spiro atoms. The van der Waals surface area contributed by atoms with Crippen molar-refractivity contribution in [3.63, 3.8) is 0 Å². The van der Waals surface area contributed by atoms with Crippen LogP contribution >= 0.6 is 15.9 Å². The first-order valence-electron chi connectivity index (χ1n) is 11.0. The molecule has 0 aliphatic heterocycles. The van der Waals surface area contributed by atoms with Crippen molar-refractivity contribution in [3.8, 4) is 5.75 Å². The van der Waals surface area contributed by atoms with Gasteiger partial charge in [0.1, 0.15) is 22.8 Å². The van der Waals surface area contributed by atoms with Gasteiger partial charge in [-0.05, 0) is 70.6 Å². The van der Waals surface area contributed by atoms with Crippen LogP contribution < -0.4 is 9.64 Å². The summed E-state index contributed by atoms with van der Waals surface area (Å²) in [5, 5.41) is 0. The summed E-state index contributed by atoms with van der Waals surface area (Å²) >= 11 is 3.43. The topological polar surface area (TPSA) is 25.4 Å². The highest BCUT2D eigenvalue weighted by molar-refractivity contribution is 9.10. The molecule has 1 fully saturated rings. The Balaban J connectivity index is 0.000000650. The standard InChI is InChI=1S/C23H24BrFN2O.C4H8/c1-16-4-6-18(7-5-16)14-27(15-19-8-10-20(28-3)11-9-19)22-12-17(2)21(13-25)23(24)26-22;1-4-2-3-4/h4-12H,13-15H2,1-3H3;4H,2-3H2,1H3. The van der Waals surface area contributed by atoms with E-state index in [4.69, 9.17) is 4.74 Å². The monoisotopic (exact) mass is 498 g/mol. The van der Waals surface area contributed by atoms with Gasteiger partial charge in [-0.3, -0.25) is 0 Å². The Labute approximate surface area is 199 Å². The molecule has 4 rings (SSSR count). The Morgan fingerprint density at radius 3 is 1.97 bits per heavy atom. The van der Waals surface area contributed by atoms with E-state index in [1.807, 2.05) is 25.1 Å². The molecule has 0 radical (unpaired) electrons. The molecular weight excluding hydrogens is 467 g/mol. The van der Waals surface area contributed by atoms with E-state index >= 15 is 0 Å². The SMILES string of the molecule is CC1CC1.COc1ccc(CN(Cc2ccc(C)cc2)c2cc(C)c(CF)c(Br)n2)cc1. The van der Waals surface area contributed by atoms with Crippen molar-refractivity contribution < 1.29 is 9.13 Å². The van der Waals surface area contributed by atoms with Gasteiger partial charge in [0.2, 0.25) is 0 Å². The number of nitrogens with zero attached hydrogens (tertiary/aromatic N) is 2. The summed E-state index contributed by atoms with van der Waals surface area (Å²) in [5.74, 6) is 2.73. The summed E-state index contributed by atoms with van der Waals surface area (Å²) in [6.07, 6.45) is 2.97. The lowest BCUT2D eigenvalue weighted by Gasteiger charge is -2.25. The molecule has 1 saturated carbocycles. The minimum absolute atomic E-state index is 0.532. The number of aryl methyl sites for hydroxylation is 2. The number of aromatic nitrogens is 1. The van der Waals surface area contributed by atoms with Crippen LogP contribution in [0.4, 0.5) is 10.2 Å². The predicted molar refractivity (Wildman–Crippen MR) is 134 cm³/mol. The maximum absolute atomic E-state index is 13.3. The first-order valence-corrected chi connectivity index (χ1v) is 11.8. The molecule has 1 aliphatic rings. The van der Waals surface area contributed by atoms with Gasteiger partial charge in [-0.1, -0.05) is 61.7 Å². The number of methoxy groups -OCH3 is 1. The van der Waals surface area contributed by atoms with Crippen LogP contribution in [0.2, 0.25) is 0 Å². The minimum atomic E-state index is -0.532. The average Bonchev–Trinajstić information content (AvgIpc) is 3.57. The number of hydrogen-bond donors (Lipinski definition) is 0. The highest BCUT2D eigenvalue weighted by Gasteiger charge is 2.15. The van der Waals surface area contributed by atoms with E-state index < -0.39 is 6.67 Å². The zero-order chi connectivity index (χ0) is 23.1. The largest absolute Gasteiger partial charge is 0.497 e. The molecule has 3 nitrogen and oxygen atoms in total. The third-order valence-corrected chi connectivity index (χ3v) is 6.29. The minimum Gasteiger partial charge on any atom is -0.497 e. The molecule has 0 saturated heterocycles. The highest BCUT2D eigenvalue weighted by Crippen LogP contribution is 2.28. The molecule has 0 unspecified atom stereocenters. The maximum Gasteiger partial charge on any atom is 0.130 e. The summed E-state index contributed by atoms with van der Waals surface area (Å²) in [5.41, 5.74) is 5.07. The van der Waals surface area contributed by atoms with E-state index in [1.165, 1.54) is 24.0 Å². The molecule has 2 aromatic carbocycles. The van der Waals surface area contributed by atoms with Gasteiger partial charge in [0.15, 0.2) is 0 Å². The van der Waals surface area contributed by atoms with Gasteiger partial charge in [-0.2, -0.15) is 0 Å². The number of anilines is 1. The van der Waals surface area contributed by atoms with Crippen molar-refractivity contribution in [1.29, 1.82) is 0 Å². The Bertz CT molecular complexity index is 978. The van der Waals surface area contributed by atoms with Gasteiger partial charge < -0.3 is 9.64 Å². The molecule has 3 aromatic rings. The van der Waals surface area contributed by atoms with Crippen molar-refractivity contribution in [2.45, 2.75) is 53.4 Å². The van der Waals surface area contributed by atoms with Crippen molar-refractivity contribution >= 4 is 21.7 Å². The van der Waals surface area contributed by atoms with Gasteiger partial charge in [0, 0.05) is 18.7 Å². The molecule has 0 amide bonds. The summed E-state index contributed by atoms with van der Waals surface area (Å²) in [6.45, 7) is 7.14. The number of halogens is 2. The summed E-state index contributed by atoms with van der Waals surface area (Å²) < 4.78 is 19.1. The fourth-order valence-corrected chi connectivity index (χ4v) is 3.82. The van der Waals surface area contributed by atoms with E-state index in [1.54, 1.807) is 7.11 Å². The molecule has 0 atom stereocenters. The Morgan fingerprint density at radius 1 is 1.00 bits per heavy atom. The van der Waals surface area contributed by atoms with Gasteiger partial charge >= 0.3 is 0 Å².